The predicted octanol–water partition coefficient (Wildman–Crippen LogP) is 1.42. The van der Waals surface area contributed by atoms with Gasteiger partial charge in [0.2, 0.25) is 0 Å². The summed E-state index contributed by atoms with van der Waals surface area (Å²) in [5.74, 6) is -0.155. The molecule has 0 spiro atoms. The lowest BCUT2D eigenvalue weighted by molar-refractivity contribution is -0.384. The predicted molar refractivity (Wildman–Crippen MR) is 72.8 cm³/mol. The van der Waals surface area contributed by atoms with Gasteiger partial charge in [-0.15, -0.1) is 11.6 Å². The normalized spacial score (nSPS) is 25.7. The largest absolute Gasteiger partial charge is 0.287 e. The number of sulfone groups is 1. The molecule has 1 saturated heterocycles. The Kier molecular flexibility index (Phi) is 3.86. The monoisotopic (exact) mass is 302 g/mol. The molecule has 1 aliphatic rings. The third kappa shape index (κ3) is 3.51. The number of halogens is 1. The zero-order valence-electron chi connectivity index (χ0n) is 9.77. The van der Waals surface area contributed by atoms with E-state index < -0.39 is 26.2 Å². The van der Waals surface area contributed by atoms with Gasteiger partial charge in [0, 0.05) is 18.3 Å². The smallest absolute Gasteiger partial charge is 0.270 e. The molecule has 1 heterocycles. The Labute approximate surface area is 115 Å². The van der Waals surface area contributed by atoms with Crippen LogP contribution >= 0.6 is 11.6 Å². The third-order valence-corrected chi connectivity index (χ3v) is 5.10. The van der Waals surface area contributed by atoms with Crippen LogP contribution < -0.4 is 0 Å². The third-order valence-electron chi connectivity index (χ3n) is 2.75. The topological polar surface area (TPSA) is 89.6 Å². The molecule has 1 aliphatic heterocycles. The lowest BCUT2D eigenvalue weighted by Gasteiger charge is -2.04. The molecule has 2 unspecified atom stereocenters. The summed E-state index contributed by atoms with van der Waals surface area (Å²) in [6.45, 7) is 0. The van der Waals surface area contributed by atoms with Crippen LogP contribution in [0.15, 0.2) is 29.3 Å². The van der Waals surface area contributed by atoms with Gasteiger partial charge in [0.05, 0.1) is 27.8 Å². The van der Waals surface area contributed by atoms with Crippen molar-refractivity contribution in [3.05, 3.63) is 39.9 Å². The van der Waals surface area contributed by atoms with Crippen LogP contribution in [0.25, 0.3) is 0 Å². The number of alkyl halides is 1. The molecule has 0 radical (unpaired) electrons. The molecular weight excluding hydrogens is 292 g/mol. The van der Waals surface area contributed by atoms with E-state index in [1.54, 1.807) is 12.1 Å². The molecule has 0 N–H and O–H groups in total. The van der Waals surface area contributed by atoms with Gasteiger partial charge < -0.3 is 0 Å². The van der Waals surface area contributed by atoms with Crippen molar-refractivity contribution in [3.63, 3.8) is 0 Å². The van der Waals surface area contributed by atoms with Crippen molar-refractivity contribution in [2.24, 2.45) is 4.99 Å². The van der Waals surface area contributed by atoms with Crippen LogP contribution in [0, 0.1) is 10.1 Å². The Morgan fingerprint density at radius 2 is 2.16 bits per heavy atom. The molecule has 19 heavy (non-hydrogen) atoms. The fourth-order valence-electron chi connectivity index (χ4n) is 1.82. The second kappa shape index (κ2) is 5.26. The fourth-order valence-corrected chi connectivity index (χ4v) is 4.34. The highest BCUT2D eigenvalue weighted by Crippen LogP contribution is 2.21. The Morgan fingerprint density at radius 3 is 2.74 bits per heavy atom. The zero-order chi connectivity index (χ0) is 14.0. The molecule has 0 aliphatic carbocycles. The molecule has 1 aromatic carbocycles. The quantitative estimate of drug-likeness (QED) is 0.365. The Balaban J connectivity index is 2.15. The number of non-ortho nitro benzene ring substituents is 1. The van der Waals surface area contributed by atoms with E-state index in [0.29, 0.717) is 5.56 Å². The maximum Gasteiger partial charge on any atom is 0.270 e. The van der Waals surface area contributed by atoms with Gasteiger partial charge in [-0.05, 0) is 5.56 Å². The lowest BCUT2D eigenvalue weighted by atomic mass is 10.2. The second-order valence-corrected chi connectivity index (χ2v) is 7.00. The molecule has 102 valence electrons. The summed E-state index contributed by atoms with van der Waals surface area (Å²) in [5.41, 5.74) is 0.507. The van der Waals surface area contributed by atoms with Crippen LogP contribution in [0.1, 0.15) is 5.56 Å². The van der Waals surface area contributed by atoms with E-state index in [4.69, 9.17) is 11.6 Å². The summed E-state index contributed by atoms with van der Waals surface area (Å²) in [6.07, 6.45) is 1.42. The Hall–Kier alpha value is -1.47. The first-order valence-electron chi connectivity index (χ1n) is 5.49. The van der Waals surface area contributed by atoms with Gasteiger partial charge in [0.1, 0.15) is 0 Å². The molecule has 6 nitrogen and oxygen atoms in total. The van der Waals surface area contributed by atoms with Crippen molar-refractivity contribution in [2.45, 2.75) is 11.4 Å². The molecule has 8 heteroatoms. The van der Waals surface area contributed by atoms with Crippen LogP contribution in [0.3, 0.4) is 0 Å². The number of hydrogen-bond donors (Lipinski definition) is 0. The van der Waals surface area contributed by atoms with Crippen LogP contribution in [-0.4, -0.2) is 42.5 Å². The maximum absolute atomic E-state index is 11.4. The van der Waals surface area contributed by atoms with Crippen LogP contribution in [0.2, 0.25) is 0 Å². The number of hydrogen-bond acceptors (Lipinski definition) is 5. The second-order valence-electron chi connectivity index (χ2n) is 4.29. The van der Waals surface area contributed by atoms with Crippen molar-refractivity contribution < 1.29 is 13.3 Å². The van der Waals surface area contributed by atoms with E-state index >= 15 is 0 Å². The van der Waals surface area contributed by atoms with E-state index in [1.165, 1.54) is 18.3 Å². The molecule has 1 fully saturated rings. The molecule has 0 bridgehead atoms. The van der Waals surface area contributed by atoms with E-state index in [9.17, 15) is 18.5 Å². The summed E-state index contributed by atoms with van der Waals surface area (Å²) >= 11 is 5.91. The lowest BCUT2D eigenvalue weighted by Crippen LogP contribution is -2.16. The molecule has 2 atom stereocenters. The highest BCUT2D eigenvalue weighted by Gasteiger charge is 2.35. The minimum atomic E-state index is -3.12. The number of benzene rings is 1. The highest BCUT2D eigenvalue weighted by atomic mass is 35.5. The van der Waals surface area contributed by atoms with Crippen molar-refractivity contribution in [1.29, 1.82) is 0 Å². The van der Waals surface area contributed by atoms with Gasteiger partial charge in [-0.3, -0.25) is 15.1 Å². The standard InChI is InChI=1S/C11H11ClN2O4S/c12-10-6-19(17,18)7-11(10)13-5-8-2-1-3-9(4-8)14(15)16/h1-5,10-11H,6-7H2. The Morgan fingerprint density at radius 1 is 1.42 bits per heavy atom. The molecule has 0 saturated carbocycles. The molecule has 0 aromatic heterocycles. The molecule has 1 aromatic rings. The van der Waals surface area contributed by atoms with Gasteiger partial charge in [0.15, 0.2) is 9.84 Å². The molecule has 2 rings (SSSR count). The summed E-state index contributed by atoms with van der Waals surface area (Å²) in [6, 6.07) is 5.45. The number of aliphatic imine (C=N–C) groups is 1. The number of nitrogens with zero attached hydrogens (tertiary/aromatic N) is 2. The molecule has 0 amide bonds. The number of nitro groups is 1. The summed E-state index contributed by atoms with van der Waals surface area (Å²) in [7, 11) is -3.12. The van der Waals surface area contributed by atoms with E-state index in [2.05, 4.69) is 4.99 Å². The molecular formula is C11H11ClN2O4S. The first-order chi connectivity index (χ1) is 8.87. The fraction of sp³-hybridized carbons (Fsp3) is 0.364. The number of rotatable bonds is 3. The van der Waals surface area contributed by atoms with Crippen molar-refractivity contribution in [2.75, 3.05) is 11.5 Å². The van der Waals surface area contributed by atoms with Gasteiger partial charge in [-0.1, -0.05) is 12.1 Å². The van der Waals surface area contributed by atoms with Gasteiger partial charge >= 0.3 is 0 Å². The van der Waals surface area contributed by atoms with Gasteiger partial charge in [-0.25, -0.2) is 8.42 Å². The van der Waals surface area contributed by atoms with E-state index in [-0.39, 0.29) is 17.2 Å². The minimum Gasteiger partial charge on any atom is -0.287 e. The van der Waals surface area contributed by atoms with Crippen molar-refractivity contribution in [1.82, 2.24) is 0 Å². The average Bonchev–Trinajstić information content (AvgIpc) is 2.60. The first kappa shape index (κ1) is 14.0. The average molecular weight is 303 g/mol. The van der Waals surface area contributed by atoms with Gasteiger partial charge in [-0.2, -0.15) is 0 Å². The summed E-state index contributed by atoms with van der Waals surface area (Å²) in [5, 5.41) is 10.1. The van der Waals surface area contributed by atoms with Gasteiger partial charge in [0.25, 0.3) is 5.69 Å². The van der Waals surface area contributed by atoms with Crippen LogP contribution in [0.4, 0.5) is 5.69 Å². The van der Waals surface area contributed by atoms with E-state index in [0.717, 1.165) is 0 Å². The van der Waals surface area contributed by atoms with Crippen molar-refractivity contribution >= 4 is 33.3 Å². The number of nitro benzene ring substituents is 1. The highest BCUT2D eigenvalue weighted by molar-refractivity contribution is 7.91. The van der Waals surface area contributed by atoms with E-state index in [1.807, 2.05) is 0 Å². The minimum absolute atomic E-state index is 0.0367. The zero-order valence-corrected chi connectivity index (χ0v) is 11.3. The summed E-state index contributed by atoms with van der Waals surface area (Å²) in [4.78, 5) is 14.2. The van der Waals surface area contributed by atoms with Crippen molar-refractivity contribution in [3.8, 4) is 0 Å². The maximum atomic E-state index is 11.4. The SMILES string of the molecule is O=[N+]([O-])c1cccc(C=NC2CS(=O)(=O)CC2Cl)c1. The van der Waals surface area contributed by atoms with Crippen LogP contribution in [-0.2, 0) is 9.84 Å². The van der Waals surface area contributed by atoms with Crippen LogP contribution in [0.5, 0.6) is 0 Å². The summed E-state index contributed by atoms with van der Waals surface area (Å²) < 4.78 is 22.7. The Bertz CT molecular complexity index is 629. The first-order valence-corrected chi connectivity index (χ1v) is 7.75.